The molecule has 0 radical (unpaired) electrons. The lowest BCUT2D eigenvalue weighted by atomic mass is 10.1. The number of aryl methyl sites for hydroxylation is 1. The molecule has 0 bridgehead atoms. The first-order chi connectivity index (χ1) is 16.0. The summed E-state index contributed by atoms with van der Waals surface area (Å²) in [6.07, 6.45) is 4.73. The second-order valence-electron chi connectivity index (χ2n) is 7.67. The van der Waals surface area contributed by atoms with E-state index in [1.54, 1.807) is 17.4 Å². The van der Waals surface area contributed by atoms with Crippen LogP contribution >= 0.6 is 46.3 Å². The minimum Gasteiger partial charge on any atom is -0.361 e. The van der Waals surface area contributed by atoms with E-state index in [1.807, 2.05) is 11.8 Å². The average molecular weight is 543 g/mol. The fraction of sp³-hybridized carbons (Fsp3) is 0.348. The SMILES string of the molecule is O=S(=O)(NCCCCCCNc1nc2c(s1)CCSc1ccccc1-2)c1c(Cl)cccc1Cl. The van der Waals surface area contributed by atoms with Gasteiger partial charge in [-0.05, 0) is 37.5 Å². The molecule has 5 nitrogen and oxygen atoms in total. The molecule has 1 aliphatic heterocycles. The van der Waals surface area contributed by atoms with Gasteiger partial charge in [-0.1, -0.05) is 60.3 Å². The first kappa shape index (κ1) is 24.8. The van der Waals surface area contributed by atoms with E-state index in [1.165, 1.54) is 27.5 Å². The van der Waals surface area contributed by atoms with Gasteiger partial charge in [0.15, 0.2) is 5.13 Å². The van der Waals surface area contributed by atoms with Crippen LogP contribution in [-0.4, -0.2) is 32.2 Å². The quantitative estimate of drug-likeness (QED) is 0.279. The first-order valence-corrected chi connectivity index (χ1v) is 14.9. The average Bonchev–Trinajstić information content (AvgIpc) is 3.10. The molecule has 1 aromatic heterocycles. The molecule has 1 aliphatic rings. The molecule has 0 spiro atoms. The maximum Gasteiger partial charge on any atom is 0.243 e. The topological polar surface area (TPSA) is 71.1 Å². The number of hydrogen-bond donors (Lipinski definition) is 2. The molecule has 176 valence electrons. The number of rotatable bonds is 10. The predicted molar refractivity (Wildman–Crippen MR) is 141 cm³/mol. The lowest BCUT2D eigenvalue weighted by Crippen LogP contribution is -2.25. The summed E-state index contributed by atoms with van der Waals surface area (Å²) >= 11 is 15.7. The fourth-order valence-electron chi connectivity index (χ4n) is 3.67. The van der Waals surface area contributed by atoms with Crippen LogP contribution in [0.1, 0.15) is 30.6 Å². The number of thiazole rings is 1. The van der Waals surface area contributed by atoms with Crippen LogP contribution in [0.4, 0.5) is 5.13 Å². The molecule has 0 unspecified atom stereocenters. The number of hydrogen-bond acceptors (Lipinski definition) is 6. The first-order valence-electron chi connectivity index (χ1n) is 10.8. The van der Waals surface area contributed by atoms with Crippen LogP contribution in [0.5, 0.6) is 0 Å². The molecule has 0 atom stereocenters. The summed E-state index contributed by atoms with van der Waals surface area (Å²) in [4.78, 5) is 7.46. The van der Waals surface area contributed by atoms with Crippen LogP contribution in [-0.2, 0) is 16.4 Å². The Morgan fingerprint density at radius 1 is 0.939 bits per heavy atom. The van der Waals surface area contributed by atoms with Gasteiger partial charge >= 0.3 is 0 Å². The van der Waals surface area contributed by atoms with Crippen molar-refractivity contribution < 1.29 is 8.42 Å². The standard InChI is InChI=1S/C23H25Cl2N3O2S3/c24-17-9-7-10-18(25)22(17)33(29,30)27-14-6-2-1-5-13-26-23-28-21-16-8-3-4-11-19(16)31-15-12-20(21)32-23/h3-4,7-11,27H,1-2,5-6,12-15H2,(H,26,28). The zero-order chi connectivity index (χ0) is 23.3. The summed E-state index contributed by atoms with van der Waals surface area (Å²) in [6, 6.07) is 13.1. The van der Waals surface area contributed by atoms with Gasteiger partial charge in [0.1, 0.15) is 4.90 Å². The lowest BCUT2D eigenvalue weighted by Gasteiger charge is -2.10. The number of sulfonamides is 1. The molecule has 3 aromatic rings. The molecular formula is C23H25Cl2N3O2S3. The van der Waals surface area contributed by atoms with E-state index in [0.29, 0.717) is 6.54 Å². The molecule has 33 heavy (non-hydrogen) atoms. The normalized spacial score (nSPS) is 13.3. The van der Waals surface area contributed by atoms with Crippen LogP contribution in [0, 0.1) is 0 Å². The molecule has 0 saturated carbocycles. The van der Waals surface area contributed by atoms with Crippen molar-refractivity contribution in [3.05, 3.63) is 57.4 Å². The number of thioether (sulfide) groups is 1. The third kappa shape index (κ3) is 6.24. The Balaban J connectivity index is 1.18. The van der Waals surface area contributed by atoms with Crippen molar-refractivity contribution in [2.24, 2.45) is 0 Å². The van der Waals surface area contributed by atoms with Crippen molar-refractivity contribution in [2.75, 3.05) is 24.2 Å². The molecule has 10 heteroatoms. The van der Waals surface area contributed by atoms with Crippen molar-refractivity contribution in [1.82, 2.24) is 9.71 Å². The Morgan fingerprint density at radius 2 is 1.67 bits per heavy atom. The summed E-state index contributed by atoms with van der Waals surface area (Å²) < 4.78 is 27.5. The Hall–Kier alpha value is -1.29. The van der Waals surface area contributed by atoms with Gasteiger partial charge < -0.3 is 5.32 Å². The third-order valence-corrected chi connectivity index (χ3v) is 9.85. The summed E-state index contributed by atoms with van der Waals surface area (Å²) in [7, 11) is -3.72. The number of nitrogens with one attached hydrogen (secondary N) is 2. The highest BCUT2D eigenvalue weighted by atomic mass is 35.5. The fourth-order valence-corrected chi connectivity index (χ4v) is 8.03. The highest BCUT2D eigenvalue weighted by Gasteiger charge is 2.21. The van der Waals surface area contributed by atoms with Gasteiger partial charge in [-0.2, -0.15) is 0 Å². The summed E-state index contributed by atoms with van der Waals surface area (Å²) in [5.74, 6) is 1.08. The third-order valence-electron chi connectivity index (χ3n) is 5.29. The molecule has 0 amide bonds. The van der Waals surface area contributed by atoms with E-state index in [2.05, 4.69) is 34.3 Å². The van der Waals surface area contributed by atoms with E-state index in [0.717, 1.165) is 55.2 Å². The Labute approximate surface area is 213 Å². The zero-order valence-corrected chi connectivity index (χ0v) is 21.9. The van der Waals surface area contributed by atoms with Gasteiger partial charge in [-0.25, -0.2) is 18.1 Å². The van der Waals surface area contributed by atoms with Crippen molar-refractivity contribution in [2.45, 2.75) is 41.9 Å². The van der Waals surface area contributed by atoms with Crippen molar-refractivity contribution in [3.63, 3.8) is 0 Å². The van der Waals surface area contributed by atoms with E-state index >= 15 is 0 Å². The highest BCUT2D eigenvalue weighted by Crippen LogP contribution is 2.40. The monoisotopic (exact) mass is 541 g/mol. The number of fused-ring (bicyclic) bond motifs is 3. The highest BCUT2D eigenvalue weighted by molar-refractivity contribution is 7.99. The van der Waals surface area contributed by atoms with Gasteiger partial charge in [0.2, 0.25) is 10.0 Å². The lowest BCUT2D eigenvalue weighted by molar-refractivity contribution is 0.573. The minimum atomic E-state index is -3.72. The van der Waals surface area contributed by atoms with Gasteiger partial charge in [-0.3, -0.25) is 0 Å². The maximum atomic E-state index is 12.5. The zero-order valence-electron chi connectivity index (χ0n) is 17.9. The van der Waals surface area contributed by atoms with Crippen LogP contribution in [0.25, 0.3) is 11.3 Å². The van der Waals surface area contributed by atoms with Gasteiger partial charge in [0.25, 0.3) is 0 Å². The van der Waals surface area contributed by atoms with Crippen molar-refractivity contribution >= 4 is 61.5 Å². The smallest absolute Gasteiger partial charge is 0.243 e. The molecule has 4 rings (SSSR count). The molecule has 0 fully saturated rings. The predicted octanol–water partition coefficient (Wildman–Crippen LogP) is 6.72. The molecule has 2 N–H and O–H groups in total. The molecule has 0 saturated heterocycles. The molecule has 2 aromatic carbocycles. The molecular weight excluding hydrogens is 517 g/mol. The molecule has 0 aliphatic carbocycles. The van der Waals surface area contributed by atoms with E-state index < -0.39 is 10.0 Å². The Morgan fingerprint density at radius 3 is 2.45 bits per heavy atom. The largest absolute Gasteiger partial charge is 0.361 e. The minimum absolute atomic E-state index is 0.0550. The number of aromatic nitrogens is 1. The number of unbranched alkanes of at least 4 members (excludes halogenated alkanes) is 3. The van der Waals surface area contributed by atoms with E-state index in [-0.39, 0.29) is 14.9 Å². The van der Waals surface area contributed by atoms with Crippen molar-refractivity contribution in [1.29, 1.82) is 0 Å². The Kier molecular flexibility index (Phi) is 8.59. The number of anilines is 1. The van der Waals surface area contributed by atoms with Crippen LogP contribution in [0.15, 0.2) is 52.3 Å². The van der Waals surface area contributed by atoms with E-state index in [4.69, 9.17) is 28.2 Å². The van der Waals surface area contributed by atoms with E-state index in [9.17, 15) is 8.42 Å². The van der Waals surface area contributed by atoms with Crippen LogP contribution in [0.2, 0.25) is 10.0 Å². The Bertz CT molecular complexity index is 1200. The second kappa shape index (κ2) is 11.4. The van der Waals surface area contributed by atoms with Gasteiger partial charge in [-0.15, -0.1) is 23.1 Å². The number of nitrogens with zero attached hydrogens (tertiary/aromatic N) is 1. The second-order valence-corrected chi connectivity index (χ2v) is 12.4. The van der Waals surface area contributed by atoms with Crippen LogP contribution in [0.3, 0.4) is 0 Å². The summed E-state index contributed by atoms with van der Waals surface area (Å²) in [5, 5.41) is 4.70. The number of halogens is 2. The number of benzene rings is 2. The van der Waals surface area contributed by atoms with Gasteiger partial charge in [0.05, 0.1) is 15.7 Å². The van der Waals surface area contributed by atoms with Crippen molar-refractivity contribution in [3.8, 4) is 11.3 Å². The maximum absolute atomic E-state index is 12.5. The van der Waals surface area contributed by atoms with Gasteiger partial charge in [0, 0.05) is 34.2 Å². The van der Waals surface area contributed by atoms with Crippen LogP contribution < -0.4 is 10.0 Å². The summed E-state index contributed by atoms with van der Waals surface area (Å²) in [6.45, 7) is 1.21. The summed E-state index contributed by atoms with van der Waals surface area (Å²) in [5.41, 5.74) is 2.36. The molecule has 2 heterocycles.